The largest absolute Gasteiger partial charge is 0.465 e. The van der Waals surface area contributed by atoms with Crippen molar-refractivity contribution in [1.82, 2.24) is 0 Å². The fraction of sp³-hybridized carbons (Fsp3) is 0.538. The molecule has 1 atom stereocenters. The standard InChI is InChI=1S/C13H19NO3S/c1-5-6-8(2)12(15)14-10-9(3)7-18-11(10)13(16)17-4/h7-8H,5-6H2,1-4H3,(H,14,15). The minimum atomic E-state index is -0.411. The quantitative estimate of drug-likeness (QED) is 0.835. The van der Waals surface area contributed by atoms with Crippen LogP contribution in [0.25, 0.3) is 0 Å². The van der Waals surface area contributed by atoms with Crippen LogP contribution in [0.15, 0.2) is 5.38 Å². The van der Waals surface area contributed by atoms with Crippen LogP contribution in [0.5, 0.6) is 0 Å². The summed E-state index contributed by atoms with van der Waals surface area (Å²) in [5.74, 6) is -0.519. The number of anilines is 1. The number of hydrogen-bond acceptors (Lipinski definition) is 4. The summed E-state index contributed by atoms with van der Waals surface area (Å²) in [4.78, 5) is 24.0. The zero-order chi connectivity index (χ0) is 13.7. The first-order valence-corrected chi connectivity index (χ1v) is 6.86. The number of hydrogen-bond donors (Lipinski definition) is 1. The first-order chi connectivity index (χ1) is 8.51. The van der Waals surface area contributed by atoms with E-state index in [-0.39, 0.29) is 11.8 Å². The molecule has 18 heavy (non-hydrogen) atoms. The highest BCUT2D eigenvalue weighted by atomic mass is 32.1. The Morgan fingerprint density at radius 1 is 1.50 bits per heavy atom. The molecule has 0 aliphatic heterocycles. The van der Waals surface area contributed by atoms with Crippen molar-refractivity contribution < 1.29 is 14.3 Å². The predicted molar refractivity (Wildman–Crippen MR) is 73.1 cm³/mol. The van der Waals surface area contributed by atoms with E-state index in [1.165, 1.54) is 18.4 Å². The summed E-state index contributed by atoms with van der Waals surface area (Å²) in [6.45, 7) is 5.79. The highest BCUT2D eigenvalue weighted by molar-refractivity contribution is 7.12. The minimum Gasteiger partial charge on any atom is -0.465 e. The number of esters is 1. The molecule has 5 heteroatoms. The van der Waals surface area contributed by atoms with Crippen LogP contribution >= 0.6 is 11.3 Å². The number of thiophene rings is 1. The molecule has 1 heterocycles. The number of methoxy groups -OCH3 is 1. The molecule has 0 spiro atoms. The first-order valence-electron chi connectivity index (χ1n) is 5.98. The second-order valence-corrected chi connectivity index (χ2v) is 5.17. The number of aryl methyl sites for hydroxylation is 1. The lowest BCUT2D eigenvalue weighted by atomic mass is 10.1. The molecule has 0 radical (unpaired) electrons. The van der Waals surface area contributed by atoms with Crippen molar-refractivity contribution in [2.24, 2.45) is 5.92 Å². The average molecular weight is 269 g/mol. The summed E-state index contributed by atoms with van der Waals surface area (Å²) in [5.41, 5.74) is 1.47. The normalized spacial score (nSPS) is 12.0. The van der Waals surface area contributed by atoms with Crippen LogP contribution in [0, 0.1) is 12.8 Å². The average Bonchev–Trinajstić information content (AvgIpc) is 2.70. The maximum Gasteiger partial charge on any atom is 0.350 e. The van der Waals surface area contributed by atoms with Gasteiger partial charge in [-0.2, -0.15) is 0 Å². The van der Waals surface area contributed by atoms with Crippen LogP contribution in [-0.4, -0.2) is 19.0 Å². The van der Waals surface area contributed by atoms with Gasteiger partial charge >= 0.3 is 5.97 Å². The number of nitrogens with one attached hydrogen (secondary N) is 1. The van der Waals surface area contributed by atoms with Crippen molar-refractivity contribution in [3.8, 4) is 0 Å². The van der Waals surface area contributed by atoms with Crippen LogP contribution in [0.4, 0.5) is 5.69 Å². The lowest BCUT2D eigenvalue weighted by molar-refractivity contribution is -0.119. The van der Waals surface area contributed by atoms with Gasteiger partial charge in [-0.1, -0.05) is 20.3 Å². The van der Waals surface area contributed by atoms with E-state index in [0.29, 0.717) is 10.6 Å². The molecule has 100 valence electrons. The lowest BCUT2D eigenvalue weighted by Crippen LogP contribution is -2.21. The lowest BCUT2D eigenvalue weighted by Gasteiger charge is -2.12. The maximum atomic E-state index is 12.0. The van der Waals surface area contributed by atoms with Crippen molar-refractivity contribution in [3.05, 3.63) is 15.8 Å². The molecule has 0 aliphatic carbocycles. The van der Waals surface area contributed by atoms with E-state index >= 15 is 0 Å². The van der Waals surface area contributed by atoms with Gasteiger partial charge in [0.2, 0.25) is 5.91 Å². The van der Waals surface area contributed by atoms with E-state index in [1.54, 1.807) is 0 Å². The van der Waals surface area contributed by atoms with Gasteiger partial charge in [0.1, 0.15) is 4.88 Å². The second kappa shape index (κ2) is 6.54. The molecule has 0 fully saturated rings. The Kier molecular flexibility index (Phi) is 5.34. The summed E-state index contributed by atoms with van der Waals surface area (Å²) in [6, 6.07) is 0. The summed E-state index contributed by atoms with van der Waals surface area (Å²) < 4.78 is 4.70. The minimum absolute atomic E-state index is 0.0523. The molecule has 0 aliphatic rings. The van der Waals surface area contributed by atoms with E-state index in [1.807, 2.05) is 26.2 Å². The summed E-state index contributed by atoms with van der Waals surface area (Å²) in [6.07, 6.45) is 1.80. The molecular weight excluding hydrogens is 250 g/mol. The maximum absolute atomic E-state index is 12.0. The van der Waals surface area contributed by atoms with Crippen molar-refractivity contribution in [2.45, 2.75) is 33.6 Å². The second-order valence-electron chi connectivity index (χ2n) is 4.29. The molecule has 0 saturated heterocycles. The molecule has 1 unspecified atom stereocenters. The number of ether oxygens (including phenoxy) is 1. The van der Waals surface area contributed by atoms with Gasteiger partial charge in [0.05, 0.1) is 12.8 Å². The van der Waals surface area contributed by atoms with E-state index in [4.69, 9.17) is 4.74 Å². The van der Waals surface area contributed by atoms with Crippen LogP contribution in [0.2, 0.25) is 0 Å². The van der Waals surface area contributed by atoms with Gasteiger partial charge in [-0.05, 0) is 24.3 Å². The molecule has 0 aromatic carbocycles. The Labute approximate surface area is 111 Å². The molecule has 1 aromatic rings. The summed E-state index contributed by atoms with van der Waals surface area (Å²) in [5, 5.41) is 4.67. The van der Waals surface area contributed by atoms with Gasteiger partial charge in [-0.25, -0.2) is 4.79 Å². The van der Waals surface area contributed by atoms with Gasteiger partial charge < -0.3 is 10.1 Å². The Morgan fingerprint density at radius 2 is 2.17 bits per heavy atom. The van der Waals surface area contributed by atoms with Crippen molar-refractivity contribution >= 4 is 28.9 Å². The van der Waals surface area contributed by atoms with E-state index in [2.05, 4.69) is 5.32 Å². The van der Waals surface area contributed by atoms with Crippen LogP contribution < -0.4 is 5.32 Å². The highest BCUT2D eigenvalue weighted by Crippen LogP contribution is 2.28. The molecule has 1 rings (SSSR count). The van der Waals surface area contributed by atoms with Gasteiger partial charge in [0.15, 0.2) is 0 Å². The zero-order valence-electron chi connectivity index (χ0n) is 11.2. The molecular formula is C13H19NO3S. The van der Waals surface area contributed by atoms with Gasteiger partial charge in [-0.15, -0.1) is 11.3 Å². The first kappa shape index (κ1) is 14.7. The Hall–Kier alpha value is -1.36. The summed E-state index contributed by atoms with van der Waals surface area (Å²) in [7, 11) is 1.34. The number of carbonyl (C=O) groups is 2. The van der Waals surface area contributed by atoms with Crippen molar-refractivity contribution in [2.75, 3.05) is 12.4 Å². The molecule has 1 aromatic heterocycles. The number of rotatable bonds is 5. The van der Waals surface area contributed by atoms with E-state index in [0.717, 1.165) is 18.4 Å². The van der Waals surface area contributed by atoms with Gasteiger partial charge in [-0.3, -0.25) is 4.79 Å². The Bertz CT molecular complexity index is 439. The molecule has 4 nitrogen and oxygen atoms in total. The van der Waals surface area contributed by atoms with Crippen molar-refractivity contribution in [3.63, 3.8) is 0 Å². The zero-order valence-corrected chi connectivity index (χ0v) is 12.0. The van der Waals surface area contributed by atoms with E-state index < -0.39 is 5.97 Å². The molecule has 1 N–H and O–H groups in total. The third-order valence-corrected chi connectivity index (χ3v) is 3.84. The third-order valence-electron chi connectivity index (χ3n) is 2.76. The SMILES string of the molecule is CCCC(C)C(=O)Nc1c(C)csc1C(=O)OC. The number of amides is 1. The monoisotopic (exact) mass is 269 g/mol. The van der Waals surface area contributed by atoms with Crippen LogP contribution in [0.1, 0.15) is 41.9 Å². The fourth-order valence-corrected chi connectivity index (χ4v) is 2.57. The fourth-order valence-electron chi connectivity index (χ4n) is 1.65. The Balaban J connectivity index is 2.87. The summed E-state index contributed by atoms with van der Waals surface area (Å²) >= 11 is 1.29. The third kappa shape index (κ3) is 3.32. The van der Waals surface area contributed by atoms with Gasteiger partial charge in [0.25, 0.3) is 0 Å². The van der Waals surface area contributed by atoms with Gasteiger partial charge in [0, 0.05) is 5.92 Å². The topological polar surface area (TPSA) is 55.4 Å². The van der Waals surface area contributed by atoms with Crippen LogP contribution in [0.3, 0.4) is 0 Å². The Morgan fingerprint density at radius 3 is 2.72 bits per heavy atom. The number of carbonyl (C=O) groups excluding carboxylic acids is 2. The van der Waals surface area contributed by atoms with Crippen molar-refractivity contribution in [1.29, 1.82) is 0 Å². The molecule has 0 saturated carbocycles. The predicted octanol–water partition coefficient (Wildman–Crippen LogP) is 3.22. The highest BCUT2D eigenvalue weighted by Gasteiger charge is 2.20. The molecule has 1 amide bonds. The van der Waals surface area contributed by atoms with Crippen LogP contribution in [-0.2, 0) is 9.53 Å². The smallest absolute Gasteiger partial charge is 0.350 e. The van der Waals surface area contributed by atoms with E-state index in [9.17, 15) is 9.59 Å². The molecule has 0 bridgehead atoms.